The Morgan fingerprint density at radius 1 is 0.944 bits per heavy atom. The number of carbonyl (C=O) groups is 1. The summed E-state index contributed by atoms with van der Waals surface area (Å²) in [5, 5.41) is 0.264. The molecule has 0 aromatic heterocycles. The van der Waals surface area contributed by atoms with Crippen molar-refractivity contribution in [1.29, 1.82) is 0 Å². The first-order chi connectivity index (χ1) is 16.4. The normalized spacial score (nSPS) is 27.0. The monoisotopic (exact) mass is 534 g/mol. The number of rotatable bonds is 10. The molecule has 4 atom stereocenters. The van der Waals surface area contributed by atoms with Gasteiger partial charge in [-0.1, -0.05) is 86.0 Å². The van der Waals surface area contributed by atoms with Crippen LogP contribution in [-0.4, -0.2) is 34.1 Å². The van der Waals surface area contributed by atoms with E-state index >= 15 is 0 Å². The summed E-state index contributed by atoms with van der Waals surface area (Å²) in [5.74, 6) is 0.916. The average Bonchev–Trinajstić information content (AvgIpc) is 3.04. The molecular weight excluding hydrogens is 477 g/mol. The minimum absolute atomic E-state index is 0.0395. The van der Waals surface area contributed by atoms with E-state index in [1.165, 1.54) is 32.1 Å². The lowest BCUT2D eigenvalue weighted by Gasteiger charge is -2.49. The zero-order chi connectivity index (χ0) is 27.6. The molecule has 2 saturated carbocycles. The van der Waals surface area contributed by atoms with Crippen molar-refractivity contribution in [2.45, 2.75) is 148 Å². The predicted molar refractivity (Wildman–Crippen MR) is 161 cm³/mol. The summed E-state index contributed by atoms with van der Waals surface area (Å²) in [7, 11) is -4.02. The van der Waals surface area contributed by atoms with Gasteiger partial charge in [-0.2, -0.15) is 0 Å². The molecule has 0 heterocycles. The Labute approximate surface area is 226 Å². The van der Waals surface area contributed by atoms with E-state index in [2.05, 4.69) is 93.4 Å². The lowest BCUT2D eigenvalue weighted by molar-refractivity contribution is -0.121. The minimum atomic E-state index is -2.01. The quantitative estimate of drug-likeness (QED) is 0.207. The maximum absolute atomic E-state index is 13.2. The SMILES string of the molecule is C=CCC1C(=O)CC(O[Si](C)(C)C(C)(C)C)C1/C=C/C(CC)(O[Si](C)(C)C(C)(C)C)C1CCCCC1. The van der Waals surface area contributed by atoms with E-state index < -0.39 is 16.6 Å². The van der Waals surface area contributed by atoms with Gasteiger partial charge < -0.3 is 8.85 Å². The van der Waals surface area contributed by atoms with Crippen molar-refractivity contribution in [3.05, 3.63) is 24.8 Å². The fraction of sp³-hybridized carbons (Fsp3) is 0.839. The summed E-state index contributed by atoms with van der Waals surface area (Å²) >= 11 is 0. The zero-order valence-electron chi connectivity index (χ0n) is 25.6. The molecular formula is C31H58O3Si2. The molecule has 0 spiro atoms. The van der Waals surface area contributed by atoms with Gasteiger partial charge >= 0.3 is 0 Å². The van der Waals surface area contributed by atoms with Crippen LogP contribution in [0, 0.1) is 17.8 Å². The van der Waals surface area contributed by atoms with Crippen LogP contribution in [0.25, 0.3) is 0 Å². The van der Waals surface area contributed by atoms with Crippen LogP contribution >= 0.6 is 0 Å². The Kier molecular flexibility index (Phi) is 10.3. The maximum atomic E-state index is 13.2. The van der Waals surface area contributed by atoms with Crippen LogP contribution in [0.5, 0.6) is 0 Å². The van der Waals surface area contributed by atoms with Crippen molar-refractivity contribution in [3.63, 3.8) is 0 Å². The first-order valence-electron chi connectivity index (χ1n) is 14.6. The molecule has 0 saturated heterocycles. The van der Waals surface area contributed by atoms with E-state index in [1.807, 2.05) is 6.08 Å². The fourth-order valence-electron chi connectivity index (χ4n) is 5.59. The Morgan fingerprint density at radius 3 is 1.97 bits per heavy atom. The highest BCUT2D eigenvalue weighted by Crippen LogP contribution is 2.47. The van der Waals surface area contributed by atoms with E-state index in [9.17, 15) is 4.79 Å². The summed E-state index contributed by atoms with van der Waals surface area (Å²) in [5.41, 5.74) is -0.269. The van der Waals surface area contributed by atoms with Crippen molar-refractivity contribution in [3.8, 4) is 0 Å². The molecule has 5 heteroatoms. The fourth-order valence-corrected chi connectivity index (χ4v) is 8.57. The number of carbonyl (C=O) groups excluding carboxylic acids is 1. The topological polar surface area (TPSA) is 35.5 Å². The second kappa shape index (κ2) is 11.7. The first kappa shape index (κ1) is 31.7. The van der Waals surface area contributed by atoms with Gasteiger partial charge in [0, 0.05) is 18.3 Å². The molecule has 0 bridgehead atoms. The highest BCUT2D eigenvalue weighted by Gasteiger charge is 2.49. The highest BCUT2D eigenvalue weighted by molar-refractivity contribution is 6.74. The van der Waals surface area contributed by atoms with E-state index in [0.717, 1.165) is 12.8 Å². The van der Waals surface area contributed by atoms with E-state index in [1.54, 1.807) is 0 Å². The molecule has 2 aliphatic rings. The summed E-state index contributed by atoms with van der Waals surface area (Å²) in [6, 6.07) is 0. The average molecular weight is 535 g/mol. The van der Waals surface area contributed by atoms with E-state index in [0.29, 0.717) is 18.1 Å². The molecule has 0 aromatic carbocycles. The molecule has 2 fully saturated rings. The molecule has 4 unspecified atom stereocenters. The molecule has 0 aromatic rings. The second-order valence-corrected chi connectivity index (χ2v) is 24.1. The molecule has 208 valence electrons. The van der Waals surface area contributed by atoms with Gasteiger partial charge in [-0.3, -0.25) is 4.79 Å². The van der Waals surface area contributed by atoms with Gasteiger partial charge in [-0.15, -0.1) is 6.58 Å². The molecule has 3 nitrogen and oxygen atoms in total. The zero-order valence-corrected chi connectivity index (χ0v) is 27.6. The third-order valence-corrected chi connectivity index (χ3v) is 19.1. The second-order valence-electron chi connectivity index (χ2n) is 14.7. The van der Waals surface area contributed by atoms with Crippen molar-refractivity contribution in [2.75, 3.05) is 0 Å². The third kappa shape index (κ3) is 7.12. The van der Waals surface area contributed by atoms with Crippen LogP contribution in [0.2, 0.25) is 36.3 Å². The van der Waals surface area contributed by atoms with Gasteiger partial charge in [0.25, 0.3) is 0 Å². The summed E-state index contributed by atoms with van der Waals surface area (Å²) < 4.78 is 14.3. The Morgan fingerprint density at radius 2 is 1.50 bits per heavy atom. The van der Waals surface area contributed by atoms with Crippen LogP contribution in [0.15, 0.2) is 24.8 Å². The van der Waals surface area contributed by atoms with Crippen molar-refractivity contribution in [1.82, 2.24) is 0 Å². The predicted octanol–water partition coefficient (Wildman–Crippen LogP) is 9.47. The minimum Gasteiger partial charge on any atom is -0.413 e. The Hall–Kier alpha value is -0.496. The summed E-state index contributed by atoms with van der Waals surface area (Å²) in [4.78, 5) is 13.2. The van der Waals surface area contributed by atoms with Crippen LogP contribution < -0.4 is 0 Å². The van der Waals surface area contributed by atoms with Crippen molar-refractivity contribution >= 4 is 22.4 Å². The Balaban J connectivity index is 2.51. The molecule has 2 rings (SSSR count). The summed E-state index contributed by atoms with van der Waals surface area (Å²) in [6.45, 7) is 29.5. The smallest absolute Gasteiger partial charge is 0.193 e. The lowest BCUT2D eigenvalue weighted by Crippen LogP contribution is -2.52. The number of hydrogen-bond acceptors (Lipinski definition) is 3. The largest absolute Gasteiger partial charge is 0.413 e. The molecule has 0 radical (unpaired) electrons. The summed E-state index contributed by atoms with van der Waals surface area (Å²) in [6.07, 6.45) is 15.2. The molecule has 0 amide bonds. The van der Waals surface area contributed by atoms with Gasteiger partial charge in [0.15, 0.2) is 16.6 Å². The van der Waals surface area contributed by atoms with Gasteiger partial charge in [-0.25, -0.2) is 0 Å². The van der Waals surface area contributed by atoms with Crippen LogP contribution in [0.3, 0.4) is 0 Å². The van der Waals surface area contributed by atoms with Gasteiger partial charge in [0.2, 0.25) is 0 Å². The van der Waals surface area contributed by atoms with Gasteiger partial charge in [0.1, 0.15) is 5.78 Å². The molecule has 0 N–H and O–H groups in total. The number of Topliss-reactive ketones (excluding diaryl/α,β-unsaturated/α-hetero) is 1. The number of allylic oxidation sites excluding steroid dienone is 1. The van der Waals surface area contributed by atoms with E-state index in [-0.39, 0.29) is 33.6 Å². The van der Waals surface area contributed by atoms with Crippen LogP contribution in [0.4, 0.5) is 0 Å². The molecule has 36 heavy (non-hydrogen) atoms. The van der Waals surface area contributed by atoms with Gasteiger partial charge in [-0.05, 0) is 67.9 Å². The highest BCUT2D eigenvalue weighted by atomic mass is 28.4. The first-order valence-corrected chi connectivity index (χ1v) is 20.4. The maximum Gasteiger partial charge on any atom is 0.193 e. The van der Waals surface area contributed by atoms with E-state index in [4.69, 9.17) is 8.85 Å². The standard InChI is InChI=1S/C31H58O3Si2/c1-13-18-25-26(28(23-27(25)32)33-35(9,10)29(3,4)5)21-22-31(14-2,24-19-16-15-17-20-24)34-36(11,12)30(6,7)8/h13,21-22,24-26,28H,1,14-20,23H2,2-12H3/b22-21+. The van der Waals surface area contributed by atoms with Crippen LogP contribution in [-0.2, 0) is 13.6 Å². The lowest BCUT2D eigenvalue weighted by atomic mass is 9.74. The molecule has 2 aliphatic carbocycles. The Bertz CT molecular complexity index is 781. The number of hydrogen-bond donors (Lipinski definition) is 0. The van der Waals surface area contributed by atoms with Gasteiger partial charge in [0.05, 0.1) is 11.7 Å². The van der Waals surface area contributed by atoms with Crippen molar-refractivity contribution < 1.29 is 13.6 Å². The molecule has 0 aliphatic heterocycles. The van der Waals surface area contributed by atoms with Crippen LogP contribution in [0.1, 0.15) is 99.8 Å². The number of ketones is 1. The van der Waals surface area contributed by atoms with Crippen molar-refractivity contribution in [2.24, 2.45) is 17.8 Å². The third-order valence-electron chi connectivity index (χ3n) is 10.1.